The summed E-state index contributed by atoms with van der Waals surface area (Å²) >= 11 is 0. The van der Waals surface area contributed by atoms with Gasteiger partial charge in [-0.25, -0.2) is 9.38 Å². The molecule has 0 aliphatic carbocycles. The number of nitrogens with one attached hydrogen (secondary N) is 2. The van der Waals surface area contributed by atoms with Gasteiger partial charge in [-0.2, -0.15) is 0 Å². The van der Waals surface area contributed by atoms with Gasteiger partial charge in [-0.3, -0.25) is 0 Å². The van der Waals surface area contributed by atoms with Crippen LogP contribution >= 0.6 is 24.0 Å². The molecule has 0 spiro atoms. The minimum Gasteiger partial charge on any atom is -0.489 e. The van der Waals surface area contributed by atoms with Crippen LogP contribution in [-0.4, -0.2) is 36.3 Å². The first-order chi connectivity index (χ1) is 11.7. The molecule has 138 valence electrons. The van der Waals surface area contributed by atoms with Gasteiger partial charge in [-0.1, -0.05) is 0 Å². The highest BCUT2D eigenvalue weighted by atomic mass is 127. The van der Waals surface area contributed by atoms with Crippen LogP contribution < -0.4 is 15.4 Å². The minimum atomic E-state index is -0.269. The van der Waals surface area contributed by atoms with E-state index in [4.69, 9.17) is 4.74 Å². The summed E-state index contributed by atoms with van der Waals surface area (Å²) in [5, 5.41) is 6.51. The molecule has 0 saturated carbocycles. The molecule has 0 fully saturated rings. The zero-order valence-electron chi connectivity index (χ0n) is 14.6. The van der Waals surface area contributed by atoms with Gasteiger partial charge in [0.15, 0.2) is 5.96 Å². The van der Waals surface area contributed by atoms with Gasteiger partial charge in [-0.15, -0.1) is 24.0 Å². The lowest BCUT2D eigenvalue weighted by Crippen LogP contribution is -2.39. The second-order valence-electron chi connectivity index (χ2n) is 5.45. The van der Waals surface area contributed by atoms with Crippen molar-refractivity contribution in [3.8, 4) is 5.75 Å². The number of rotatable bonds is 8. The molecule has 0 amide bonds. The Morgan fingerprint density at radius 3 is 2.52 bits per heavy atom. The Hall–Kier alpha value is -1.77. The second kappa shape index (κ2) is 11.7. The van der Waals surface area contributed by atoms with E-state index in [2.05, 4.69) is 20.2 Å². The van der Waals surface area contributed by atoms with Crippen molar-refractivity contribution in [3.63, 3.8) is 0 Å². The third-order valence-electron chi connectivity index (χ3n) is 3.33. The van der Waals surface area contributed by atoms with E-state index >= 15 is 0 Å². The quantitative estimate of drug-likeness (QED) is 0.361. The van der Waals surface area contributed by atoms with Gasteiger partial charge in [0.05, 0.1) is 6.54 Å². The summed E-state index contributed by atoms with van der Waals surface area (Å²) in [6.45, 7) is 6.93. The van der Waals surface area contributed by atoms with E-state index < -0.39 is 0 Å². The molecule has 7 heteroatoms. The summed E-state index contributed by atoms with van der Waals surface area (Å²) in [5.41, 5.74) is 0. The number of benzene rings is 1. The van der Waals surface area contributed by atoms with Gasteiger partial charge in [0.25, 0.3) is 0 Å². The SMILES string of the molecule is CCNC(=NCC(C)Oc1ccc(F)cc1)NCCn1cccc1.I. The standard InChI is InChI=1S/C18H25FN4O.HI/c1-3-20-18(21-10-13-23-11-4-5-12-23)22-14-15(2)24-17-8-6-16(19)7-9-17;/h4-9,11-12,15H,3,10,13-14H2,1-2H3,(H2,20,21,22);1H. The molecule has 0 aliphatic heterocycles. The van der Waals surface area contributed by atoms with E-state index in [1.807, 2.05) is 38.4 Å². The fourth-order valence-electron chi connectivity index (χ4n) is 2.17. The molecule has 0 aliphatic rings. The first-order valence-electron chi connectivity index (χ1n) is 8.22. The Morgan fingerprint density at radius 1 is 1.20 bits per heavy atom. The zero-order chi connectivity index (χ0) is 17.2. The molecule has 1 aromatic heterocycles. The van der Waals surface area contributed by atoms with Crippen LogP contribution in [0.2, 0.25) is 0 Å². The summed E-state index contributed by atoms with van der Waals surface area (Å²) in [5.74, 6) is 1.14. The largest absolute Gasteiger partial charge is 0.489 e. The van der Waals surface area contributed by atoms with E-state index in [1.165, 1.54) is 12.1 Å². The number of hydrogen-bond donors (Lipinski definition) is 2. The average Bonchev–Trinajstić information content (AvgIpc) is 3.08. The third kappa shape index (κ3) is 8.24. The predicted molar refractivity (Wildman–Crippen MR) is 110 cm³/mol. The van der Waals surface area contributed by atoms with Crippen molar-refractivity contribution < 1.29 is 9.13 Å². The van der Waals surface area contributed by atoms with Gasteiger partial charge < -0.3 is 19.9 Å². The Labute approximate surface area is 165 Å². The van der Waals surface area contributed by atoms with Crippen molar-refractivity contribution in [1.29, 1.82) is 0 Å². The van der Waals surface area contributed by atoms with Crippen LogP contribution in [0.25, 0.3) is 0 Å². The van der Waals surface area contributed by atoms with Crippen LogP contribution in [0.3, 0.4) is 0 Å². The molecule has 0 radical (unpaired) electrons. The number of aliphatic imine (C=N–C) groups is 1. The van der Waals surface area contributed by atoms with E-state index in [0.717, 1.165) is 25.6 Å². The van der Waals surface area contributed by atoms with Crippen molar-refractivity contribution in [1.82, 2.24) is 15.2 Å². The minimum absolute atomic E-state index is 0. The maximum absolute atomic E-state index is 12.9. The van der Waals surface area contributed by atoms with Gasteiger partial charge >= 0.3 is 0 Å². The molecule has 2 rings (SSSR count). The summed E-state index contributed by atoms with van der Waals surface area (Å²) < 4.78 is 20.7. The molecule has 1 atom stereocenters. The Kier molecular flexibility index (Phi) is 9.98. The number of hydrogen-bond acceptors (Lipinski definition) is 2. The summed E-state index contributed by atoms with van der Waals surface area (Å²) in [6, 6.07) is 10.0. The molecular weight excluding hydrogens is 434 g/mol. The predicted octanol–water partition coefficient (Wildman–Crippen LogP) is 3.27. The fourth-order valence-corrected chi connectivity index (χ4v) is 2.17. The normalized spacial score (nSPS) is 12.2. The van der Waals surface area contributed by atoms with Gasteiger partial charge in [-0.05, 0) is 50.2 Å². The number of guanidine groups is 1. The lowest BCUT2D eigenvalue weighted by atomic mass is 10.3. The van der Waals surface area contributed by atoms with Gasteiger partial charge in [0.2, 0.25) is 0 Å². The smallest absolute Gasteiger partial charge is 0.191 e. The fraction of sp³-hybridized carbons (Fsp3) is 0.389. The molecule has 2 aromatic rings. The van der Waals surface area contributed by atoms with Gasteiger partial charge in [0.1, 0.15) is 17.7 Å². The van der Waals surface area contributed by atoms with Crippen molar-refractivity contribution in [2.75, 3.05) is 19.6 Å². The number of aromatic nitrogens is 1. The lowest BCUT2D eigenvalue weighted by molar-refractivity contribution is 0.230. The van der Waals surface area contributed by atoms with Crippen molar-refractivity contribution in [2.45, 2.75) is 26.5 Å². The van der Waals surface area contributed by atoms with Crippen LogP contribution in [0, 0.1) is 5.82 Å². The molecule has 1 heterocycles. The summed E-state index contributed by atoms with van der Waals surface area (Å²) in [6.07, 6.45) is 3.96. The Bertz CT molecular complexity index is 617. The topological polar surface area (TPSA) is 50.6 Å². The highest BCUT2D eigenvalue weighted by Gasteiger charge is 2.05. The van der Waals surface area contributed by atoms with Crippen LogP contribution in [0.5, 0.6) is 5.75 Å². The maximum Gasteiger partial charge on any atom is 0.191 e. The monoisotopic (exact) mass is 460 g/mol. The maximum atomic E-state index is 12.9. The zero-order valence-corrected chi connectivity index (χ0v) is 16.9. The number of nitrogens with zero attached hydrogens (tertiary/aromatic N) is 2. The number of ether oxygens (including phenoxy) is 1. The summed E-state index contributed by atoms with van der Waals surface area (Å²) in [4.78, 5) is 4.53. The molecule has 2 N–H and O–H groups in total. The molecule has 1 aromatic carbocycles. The van der Waals surface area contributed by atoms with Crippen molar-refractivity contribution in [3.05, 3.63) is 54.6 Å². The second-order valence-corrected chi connectivity index (χ2v) is 5.45. The Balaban J connectivity index is 0.00000312. The van der Waals surface area contributed by atoms with Crippen LogP contribution in [-0.2, 0) is 6.54 Å². The van der Waals surface area contributed by atoms with Gasteiger partial charge in [0, 0.05) is 32.0 Å². The van der Waals surface area contributed by atoms with Crippen LogP contribution in [0.15, 0.2) is 53.8 Å². The van der Waals surface area contributed by atoms with E-state index in [0.29, 0.717) is 12.3 Å². The third-order valence-corrected chi connectivity index (χ3v) is 3.33. The highest BCUT2D eigenvalue weighted by molar-refractivity contribution is 14.0. The average molecular weight is 460 g/mol. The summed E-state index contributed by atoms with van der Waals surface area (Å²) in [7, 11) is 0. The molecular formula is C18H26FIN4O. The Morgan fingerprint density at radius 2 is 1.88 bits per heavy atom. The van der Waals surface area contributed by atoms with E-state index in [1.54, 1.807) is 12.1 Å². The first-order valence-corrected chi connectivity index (χ1v) is 8.22. The molecule has 0 bridgehead atoms. The lowest BCUT2D eigenvalue weighted by Gasteiger charge is -2.15. The van der Waals surface area contributed by atoms with E-state index in [9.17, 15) is 4.39 Å². The van der Waals surface area contributed by atoms with Crippen LogP contribution in [0.4, 0.5) is 4.39 Å². The molecule has 25 heavy (non-hydrogen) atoms. The number of halogens is 2. The highest BCUT2D eigenvalue weighted by Crippen LogP contribution is 2.12. The molecule has 1 unspecified atom stereocenters. The van der Waals surface area contributed by atoms with Crippen molar-refractivity contribution in [2.24, 2.45) is 4.99 Å². The van der Waals surface area contributed by atoms with Crippen molar-refractivity contribution >= 4 is 29.9 Å². The first kappa shape index (κ1) is 21.3. The van der Waals surface area contributed by atoms with Crippen LogP contribution in [0.1, 0.15) is 13.8 Å². The molecule has 0 saturated heterocycles. The molecule has 5 nitrogen and oxygen atoms in total. The van der Waals surface area contributed by atoms with E-state index in [-0.39, 0.29) is 35.9 Å².